The van der Waals surface area contributed by atoms with Crippen LogP contribution in [0.1, 0.15) is 31.0 Å². The zero-order valence-electron chi connectivity index (χ0n) is 21.4. The fraction of sp³-hybridized carbons (Fsp3) is 0.259. The van der Waals surface area contributed by atoms with E-state index in [2.05, 4.69) is 27.7 Å². The van der Waals surface area contributed by atoms with Gasteiger partial charge in [0.2, 0.25) is 0 Å². The van der Waals surface area contributed by atoms with E-state index >= 15 is 0 Å². The number of nitrogens with zero attached hydrogens (tertiary/aromatic N) is 1. The van der Waals surface area contributed by atoms with Gasteiger partial charge in [0, 0.05) is 5.70 Å². The number of carbonyl (C=O) groups excluding carboxylic acids is 3. The lowest BCUT2D eigenvalue weighted by atomic mass is 9.95. The van der Waals surface area contributed by atoms with Gasteiger partial charge in [-0.15, -0.1) is 0 Å². The Balaban J connectivity index is 1.63. The maximum Gasteiger partial charge on any atom is 0.338 e. The third kappa shape index (κ3) is 7.36. The summed E-state index contributed by atoms with van der Waals surface area (Å²) in [4.78, 5) is 36.8. The molecule has 0 bridgehead atoms. The molecule has 0 saturated carbocycles. The van der Waals surface area contributed by atoms with E-state index in [1.165, 1.54) is 13.3 Å². The first kappa shape index (κ1) is 27.8. The molecule has 2 aromatic rings. The van der Waals surface area contributed by atoms with Crippen LogP contribution >= 0.6 is 0 Å². The molecule has 0 radical (unpaired) electrons. The minimum Gasteiger partial charge on any atom is -0.493 e. The molecule has 2 aromatic carbocycles. The molecule has 0 unspecified atom stereocenters. The Bertz CT molecular complexity index is 1240. The molecule has 0 spiro atoms. The first-order chi connectivity index (χ1) is 18.4. The Hall–Kier alpha value is -4.80. The molecule has 0 aliphatic carbocycles. The average Bonchev–Trinajstić information content (AvgIpc) is 2.91. The Labute approximate surface area is 220 Å². The van der Waals surface area contributed by atoms with Crippen LogP contribution in [0.2, 0.25) is 0 Å². The van der Waals surface area contributed by atoms with Gasteiger partial charge in [-0.05, 0) is 61.4 Å². The van der Waals surface area contributed by atoms with Gasteiger partial charge >= 0.3 is 12.0 Å². The van der Waals surface area contributed by atoms with E-state index in [4.69, 9.17) is 18.9 Å². The molecule has 3 rings (SSSR count). The first-order valence-corrected chi connectivity index (χ1v) is 11.8. The van der Waals surface area contributed by atoms with Crippen LogP contribution in [-0.4, -0.2) is 51.1 Å². The summed E-state index contributed by atoms with van der Waals surface area (Å²) in [5.74, 6) is 0.281. The summed E-state index contributed by atoms with van der Waals surface area (Å²) in [6, 6.07) is 10.8. The number of carbonyl (C=O) groups is 3. The highest BCUT2D eigenvalue weighted by Crippen LogP contribution is 2.34. The Kier molecular flexibility index (Phi) is 9.86. The largest absolute Gasteiger partial charge is 0.493 e. The number of hydrogen-bond donors (Lipinski definition) is 3. The summed E-state index contributed by atoms with van der Waals surface area (Å²) in [5, 5.41) is 9.24. The van der Waals surface area contributed by atoms with Crippen molar-refractivity contribution in [3.63, 3.8) is 0 Å². The third-order valence-electron chi connectivity index (χ3n) is 5.30. The predicted molar refractivity (Wildman–Crippen MR) is 140 cm³/mol. The normalized spacial score (nSPS) is 14.8. The minimum atomic E-state index is -0.758. The zero-order chi connectivity index (χ0) is 27.5. The monoisotopic (exact) mass is 522 g/mol. The Morgan fingerprint density at radius 1 is 1.13 bits per heavy atom. The number of ether oxygens (including phenoxy) is 4. The fourth-order valence-corrected chi connectivity index (χ4v) is 3.57. The van der Waals surface area contributed by atoms with Crippen LogP contribution in [0.25, 0.3) is 0 Å². The lowest BCUT2D eigenvalue weighted by Gasteiger charge is -2.28. The van der Waals surface area contributed by atoms with Crippen molar-refractivity contribution in [2.75, 3.05) is 26.9 Å². The van der Waals surface area contributed by atoms with E-state index in [1.807, 2.05) is 0 Å². The van der Waals surface area contributed by atoms with Crippen molar-refractivity contribution >= 4 is 24.1 Å². The lowest BCUT2D eigenvalue weighted by Crippen LogP contribution is -2.45. The van der Waals surface area contributed by atoms with Crippen LogP contribution in [0.5, 0.6) is 17.2 Å². The van der Waals surface area contributed by atoms with Crippen LogP contribution < -0.4 is 30.3 Å². The van der Waals surface area contributed by atoms with Crippen molar-refractivity contribution < 1.29 is 33.3 Å². The predicted octanol–water partition coefficient (Wildman–Crippen LogP) is 2.98. The fourth-order valence-electron chi connectivity index (χ4n) is 3.57. The van der Waals surface area contributed by atoms with E-state index in [0.29, 0.717) is 35.1 Å². The summed E-state index contributed by atoms with van der Waals surface area (Å²) in [5.41, 5.74) is 4.41. The van der Waals surface area contributed by atoms with Gasteiger partial charge in [0.25, 0.3) is 5.91 Å². The van der Waals surface area contributed by atoms with Crippen molar-refractivity contribution in [3.8, 4) is 17.2 Å². The number of urea groups is 1. The van der Waals surface area contributed by atoms with Gasteiger partial charge in [0.1, 0.15) is 12.4 Å². The third-order valence-corrected chi connectivity index (χ3v) is 5.30. The number of hydrogen-bond acceptors (Lipinski definition) is 8. The minimum absolute atomic E-state index is 0.190. The quantitative estimate of drug-likeness (QED) is 0.169. The van der Waals surface area contributed by atoms with E-state index in [1.54, 1.807) is 62.4 Å². The molecule has 0 fully saturated rings. The number of esters is 1. The smallest absolute Gasteiger partial charge is 0.338 e. The summed E-state index contributed by atoms with van der Waals surface area (Å²) < 4.78 is 21.6. The molecule has 38 heavy (non-hydrogen) atoms. The molecule has 1 aliphatic heterocycles. The van der Waals surface area contributed by atoms with Gasteiger partial charge in [-0.3, -0.25) is 4.79 Å². The van der Waals surface area contributed by atoms with Gasteiger partial charge < -0.3 is 29.6 Å². The zero-order valence-corrected chi connectivity index (χ0v) is 21.4. The second-order valence-electron chi connectivity index (χ2n) is 7.95. The van der Waals surface area contributed by atoms with Gasteiger partial charge in [-0.2, -0.15) is 5.10 Å². The molecule has 0 saturated heterocycles. The summed E-state index contributed by atoms with van der Waals surface area (Å²) in [6.07, 6.45) is 3.15. The first-order valence-electron chi connectivity index (χ1n) is 11.8. The average molecular weight is 523 g/mol. The van der Waals surface area contributed by atoms with Crippen LogP contribution in [-0.2, 0) is 14.3 Å². The van der Waals surface area contributed by atoms with E-state index in [9.17, 15) is 14.4 Å². The molecular formula is C27H30N4O7. The lowest BCUT2D eigenvalue weighted by molar-refractivity contribution is -0.139. The Morgan fingerprint density at radius 2 is 1.89 bits per heavy atom. The second kappa shape index (κ2) is 13.5. The van der Waals surface area contributed by atoms with Crippen molar-refractivity contribution in [1.82, 2.24) is 16.1 Å². The number of nitrogens with one attached hydrogen (secondary N) is 3. The molecule has 1 atom stereocenters. The van der Waals surface area contributed by atoms with E-state index < -0.39 is 23.9 Å². The van der Waals surface area contributed by atoms with Crippen LogP contribution in [0.3, 0.4) is 0 Å². The molecule has 200 valence electrons. The molecule has 1 heterocycles. The Morgan fingerprint density at radius 3 is 2.58 bits per heavy atom. The van der Waals surface area contributed by atoms with Crippen LogP contribution in [0.4, 0.5) is 4.79 Å². The van der Waals surface area contributed by atoms with Gasteiger partial charge in [0.15, 0.2) is 18.1 Å². The maximum absolute atomic E-state index is 12.5. The topological polar surface area (TPSA) is 137 Å². The molecule has 1 aliphatic rings. The maximum atomic E-state index is 12.5. The standard InChI is InChI=1S/C27H30N4O7/c1-5-13-37-20-10-7-18(8-11-20)15-28-31-23(32)16-38-21-12-9-19(14-22(21)35-4)25-24(26(33)36-6-2)17(3)29-27(34)30-25/h5,7-12,14-15,25H,1,6,13,16H2,2-4H3,(H,31,32)(H2,29,30,34)/b28-15-/t25-/m0/s1. The van der Waals surface area contributed by atoms with Crippen molar-refractivity contribution in [2.24, 2.45) is 5.10 Å². The number of methoxy groups -OCH3 is 1. The molecule has 11 heteroatoms. The van der Waals surface area contributed by atoms with Crippen molar-refractivity contribution in [3.05, 3.63) is 77.5 Å². The molecule has 11 nitrogen and oxygen atoms in total. The number of rotatable bonds is 12. The summed E-state index contributed by atoms with van der Waals surface area (Å²) in [7, 11) is 1.44. The summed E-state index contributed by atoms with van der Waals surface area (Å²) in [6.45, 7) is 7.21. The summed E-state index contributed by atoms with van der Waals surface area (Å²) >= 11 is 0. The molecule has 3 N–H and O–H groups in total. The van der Waals surface area contributed by atoms with Crippen molar-refractivity contribution in [2.45, 2.75) is 19.9 Å². The van der Waals surface area contributed by atoms with Crippen molar-refractivity contribution in [1.29, 1.82) is 0 Å². The highest BCUT2D eigenvalue weighted by molar-refractivity contribution is 5.95. The molecule has 3 amide bonds. The number of hydrazone groups is 1. The highest BCUT2D eigenvalue weighted by atomic mass is 16.5. The second-order valence-corrected chi connectivity index (χ2v) is 7.95. The number of benzene rings is 2. The van der Waals surface area contributed by atoms with Gasteiger partial charge in [-0.25, -0.2) is 15.0 Å². The molecular weight excluding hydrogens is 492 g/mol. The van der Waals surface area contributed by atoms with Gasteiger partial charge in [0.05, 0.1) is 31.5 Å². The van der Waals surface area contributed by atoms with Crippen LogP contribution in [0.15, 0.2) is 71.5 Å². The molecule has 0 aromatic heterocycles. The van der Waals surface area contributed by atoms with E-state index in [-0.39, 0.29) is 18.8 Å². The number of amides is 3. The van der Waals surface area contributed by atoms with Gasteiger partial charge in [-0.1, -0.05) is 18.7 Å². The van der Waals surface area contributed by atoms with Crippen LogP contribution in [0, 0.1) is 0 Å². The number of allylic oxidation sites excluding steroid dienone is 1. The SMILES string of the molecule is C=CCOc1ccc(/C=N\NC(=O)COc2ccc([C@@H]3NC(=O)NC(C)=C3C(=O)OCC)cc2OC)cc1. The highest BCUT2D eigenvalue weighted by Gasteiger charge is 2.32. The van der Waals surface area contributed by atoms with E-state index in [0.717, 1.165) is 5.56 Å².